The summed E-state index contributed by atoms with van der Waals surface area (Å²) in [5.41, 5.74) is 12.0. The highest BCUT2D eigenvalue weighted by atomic mass is 32.2. The van der Waals surface area contributed by atoms with E-state index in [0.717, 1.165) is 11.4 Å². The number of rotatable bonds is 4. The van der Waals surface area contributed by atoms with Crippen molar-refractivity contribution in [1.82, 2.24) is 4.72 Å². The van der Waals surface area contributed by atoms with Gasteiger partial charge in [0.05, 0.1) is 32.7 Å². The number of nitrogen functional groups attached to an aromatic ring is 2. The van der Waals surface area contributed by atoms with E-state index in [-0.39, 0.29) is 21.2 Å². The van der Waals surface area contributed by atoms with E-state index < -0.39 is 26.1 Å². The number of ether oxygens (including phenoxy) is 3. The summed E-state index contributed by atoms with van der Waals surface area (Å²) in [7, 11) is -3.04. The Morgan fingerprint density at radius 3 is 1.84 bits per heavy atom. The molecule has 0 fully saturated rings. The summed E-state index contributed by atoms with van der Waals surface area (Å²) in [5.74, 6) is 1.65. The number of benzene rings is 3. The van der Waals surface area contributed by atoms with Gasteiger partial charge in [0.2, 0.25) is 10.0 Å². The van der Waals surface area contributed by atoms with Gasteiger partial charge in [0.1, 0.15) is 27.0 Å². The number of nitrogens with two attached hydrogens (primary N) is 3. The van der Waals surface area contributed by atoms with Crippen molar-refractivity contribution in [2.24, 2.45) is 5.14 Å². The molecule has 0 aliphatic carbocycles. The summed E-state index contributed by atoms with van der Waals surface area (Å²) in [6, 6.07) is 15.2. The minimum Gasteiger partial charge on any atom is -0.497 e. The molecule has 13 nitrogen and oxygen atoms in total. The maximum atomic E-state index is 11.5. The number of urea groups is 1. The van der Waals surface area contributed by atoms with Crippen molar-refractivity contribution in [2.75, 3.05) is 38.1 Å². The normalized spacial score (nSPS) is 13.1. The summed E-state index contributed by atoms with van der Waals surface area (Å²) in [5, 5.41) is 7.30. The number of sulfonamides is 2. The molecule has 4 rings (SSSR count). The molecule has 0 unspecified atom stereocenters. The highest BCUT2D eigenvalue weighted by molar-refractivity contribution is 7.90. The SMILES string of the molecule is COc1ccc(N)c(S(N)(=O)=O)c1.COc1ccc(N)cc1.COc1ccc2c(c1)S(=O)(=O)NC(=O)N2. The van der Waals surface area contributed by atoms with Gasteiger partial charge in [0.25, 0.3) is 10.0 Å². The fourth-order valence-electron chi connectivity index (χ4n) is 2.77. The van der Waals surface area contributed by atoms with E-state index in [1.165, 1.54) is 38.5 Å². The number of primary sulfonamides is 1. The number of carbonyl (C=O) groups excluding carboxylic acids is 1. The van der Waals surface area contributed by atoms with E-state index >= 15 is 0 Å². The lowest BCUT2D eigenvalue weighted by molar-refractivity contribution is 0.256. The minimum atomic E-state index is -3.77. The zero-order chi connectivity index (χ0) is 27.8. The van der Waals surface area contributed by atoms with Gasteiger partial charge in [-0.2, -0.15) is 0 Å². The minimum absolute atomic E-state index is 0.00134. The molecule has 3 aromatic carbocycles. The molecule has 0 bridgehead atoms. The molecule has 3 aromatic rings. The number of hydrogen-bond donors (Lipinski definition) is 5. The second-order valence-electron chi connectivity index (χ2n) is 7.14. The number of hydrogen-bond acceptors (Lipinski definition) is 10. The third-order valence-electron chi connectivity index (χ3n) is 4.60. The largest absolute Gasteiger partial charge is 0.497 e. The van der Waals surface area contributed by atoms with Crippen LogP contribution in [0.1, 0.15) is 0 Å². The van der Waals surface area contributed by atoms with E-state index in [2.05, 4.69) is 5.32 Å². The number of amides is 2. The Morgan fingerprint density at radius 1 is 0.784 bits per heavy atom. The third-order valence-corrected chi connectivity index (χ3v) is 6.93. The summed E-state index contributed by atoms with van der Waals surface area (Å²) in [6.45, 7) is 0. The molecule has 15 heteroatoms. The van der Waals surface area contributed by atoms with Crippen molar-refractivity contribution >= 4 is 43.1 Å². The Balaban J connectivity index is 0.000000201. The van der Waals surface area contributed by atoms with Crippen LogP contribution in [-0.4, -0.2) is 44.2 Å². The Kier molecular flexibility index (Phi) is 9.54. The molecular weight excluding hydrogens is 526 g/mol. The van der Waals surface area contributed by atoms with Gasteiger partial charge >= 0.3 is 6.03 Å². The first-order chi connectivity index (χ1) is 17.3. The molecule has 0 aromatic heterocycles. The van der Waals surface area contributed by atoms with Crippen LogP contribution in [-0.2, 0) is 20.0 Å². The van der Waals surface area contributed by atoms with E-state index in [1.54, 1.807) is 31.4 Å². The van der Waals surface area contributed by atoms with Crippen LogP contribution in [0.15, 0.2) is 70.5 Å². The van der Waals surface area contributed by atoms with Crippen LogP contribution >= 0.6 is 0 Å². The number of nitrogens with one attached hydrogen (secondary N) is 2. The van der Waals surface area contributed by atoms with Gasteiger partial charge in [-0.05, 0) is 48.5 Å². The van der Waals surface area contributed by atoms with Crippen molar-refractivity contribution in [1.29, 1.82) is 0 Å². The summed E-state index contributed by atoms with van der Waals surface area (Å²) in [4.78, 5) is 10.8. The Morgan fingerprint density at radius 2 is 1.30 bits per heavy atom. The third kappa shape index (κ3) is 8.16. The molecule has 0 atom stereocenters. The van der Waals surface area contributed by atoms with Gasteiger partial charge in [-0.15, -0.1) is 0 Å². The lowest BCUT2D eigenvalue weighted by Crippen LogP contribution is -2.39. The van der Waals surface area contributed by atoms with Gasteiger partial charge in [-0.1, -0.05) is 0 Å². The van der Waals surface area contributed by atoms with Gasteiger partial charge in [-0.3, -0.25) is 0 Å². The summed E-state index contributed by atoms with van der Waals surface area (Å²) >= 11 is 0. The van der Waals surface area contributed by atoms with Crippen molar-refractivity contribution in [3.8, 4) is 17.2 Å². The van der Waals surface area contributed by atoms with E-state index in [9.17, 15) is 21.6 Å². The molecule has 200 valence electrons. The first-order valence-electron chi connectivity index (χ1n) is 10.2. The standard InChI is InChI=1S/C8H8N2O4S.C7H10N2O3S.C7H9NO/c1-14-5-2-3-6-7(4-5)15(12,13)10-8(11)9-6;1-12-5-2-3-6(8)7(4-5)13(9,10)11;1-9-7-4-2-6(8)3-5-7/h2-4H,1H3,(H2,9,10,11);2-4H,8H2,1H3,(H2,9,10,11);2-5H,8H2,1H3. The average Bonchev–Trinajstić information content (AvgIpc) is 2.84. The second-order valence-corrected chi connectivity index (χ2v) is 10.3. The molecule has 1 aliphatic rings. The van der Waals surface area contributed by atoms with E-state index in [1.807, 2.05) is 16.9 Å². The smallest absolute Gasteiger partial charge is 0.333 e. The monoisotopic (exact) mass is 553 g/mol. The highest BCUT2D eigenvalue weighted by Gasteiger charge is 2.27. The predicted molar refractivity (Wildman–Crippen MR) is 139 cm³/mol. The van der Waals surface area contributed by atoms with Crippen LogP contribution in [0.25, 0.3) is 0 Å². The lowest BCUT2D eigenvalue weighted by Gasteiger charge is -2.18. The molecule has 0 spiro atoms. The molecular formula is C22H27N5O8S2. The van der Waals surface area contributed by atoms with Crippen LogP contribution in [0.2, 0.25) is 0 Å². The molecule has 2 amide bonds. The highest BCUT2D eigenvalue weighted by Crippen LogP contribution is 2.28. The van der Waals surface area contributed by atoms with Gasteiger partial charge in [0.15, 0.2) is 0 Å². The maximum Gasteiger partial charge on any atom is 0.333 e. The first-order valence-corrected chi connectivity index (χ1v) is 13.2. The quantitative estimate of drug-likeness (QED) is 0.295. The maximum absolute atomic E-state index is 11.5. The number of carbonyl (C=O) groups is 1. The fraction of sp³-hybridized carbons (Fsp3) is 0.136. The van der Waals surface area contributed by atoms with Crippen LogP contribution < -0.4 is 40.9 Å². The van der Waals surface area contributed by atoms with Gasteiger partial charge in [-0.25, -0.2) is 31.5 Å². The number of anilines is 3. The van der Waals surface area contributed by atoms with Gasteiger partial charge in [0, 0.05) is 17.8 Å². The number of fused-ring (bicyclic) bond motifs is 1. The predicted octanol–water partition coefficient (Wildman–Crippen LogP) is 1.72. The second kappa shape index (κ2) is 12.2. The Labute approximate surface area is 214 Å². The van der Waals surface area contributed by atoms with Crippen molar-refractivity contribution in [3.05, 3.63) is 60.7 Å². The molecule has 0 radical (unpaired) electrons. The Bertz CT molecular complexity index is 1460. The Hall–Kier alpha value is -4.21. The fourth-order valence-corrected chi connectivity index (χ4v) is 4.53. The molecule has 0 saturated carbocycles. The van der Waals surface area contributed by atoms with Crippen molar-refractivity contribution < 1.29 is 35.8 Å². The van der Waals surface area contributed by atoms with Crippen LogP contribution in [0, 0.1) is 0 Å². The first kappa shape index (κ1) is 29.0. The summed E-state index contributed by atoms with van der Waals surface area (Å²) in [6.07, 6.45) is 0. The summed E-state index contributed by atoms with van der Waals surface area (Å²) < 4.78 is 61.4. The van der Waals surface area contributed by atoms with Crippen LogP contribution in [0.3, 0.4) is 0 Å². The molecule has 0 saturated heterocycles. The average molecular weight is 554 g/mol. The van der Waals surface area contributed by atoms with Crippen LogP contribution in [0.4, 0.5) is 21.9 Å². The van der Waals surface area contributed by atoms with Gasteiger partial charge < -0.3 is 31.0 Å². The molecule has 1 heterocycles. The molecule has 8 N–H and O–H groups in total. The van der Waals surface area contributed by atoms with E-state index in [0.29, 0.717) is 11.5 Å². The van der Waals surface area contributed by atoms with Crippen molar-refractivity contribution in [2.45, 2.75) is 9.79 Å². The number of methoxy groups -OCH3 is 3. The topological polar surface area (TPSA) is 215 Å². The lowest BCUT2D eigenvalue weighted by atomic mass is 10.3. The zero-order valence-electron chi connectivity index (χ0n) is 20.1. The molecule has 37 heavy (non-hydrogen) atoms. The van der Waals surface area contributed by atoms with Crippen LogP contribution in [0.5, 0.6) is 17.2 Å². The molecule has 1 aliphatic heterocycles. The van der Waals surface area contributed by atoms with E-state index in [4.69, 9.17) is 30.8 Å². The van der Waals surface area contributed by atoms with Crippen molar-refractivity contribution in [3.63, 3.8) is 0 Å². The zero-order valence-corrected chi connectivity index (χ0v) is 21.7.